The van der Waals surface area contributed by atoms with Crippen molar-refractivity contribution in [1.29, 1.82) is 0 Å². The molecule has 3 unspecified atom stereocenters. The molecule has 0 heterocycles. The van der Waals surface area contributed by atoms with E-state index in [0.717, 1.165) is 64.2 Å². The van der Waals surface area contributed by atoms with Crippen LogP contribution in [0, 0.1) is 0 Å². The molecule has 0 saturated heterocycles. The van der Waals surface area contributed by atoms with E-state index in [1.165, 1.54) is 193 Å². The molecule has 1 amide bonds. The topological polar surface area (TPSA) is 105 Å². The molecule has 3 N–H and O–H groups in total. The third kappa shape index (κ3) is 52.4. The zero-order valence-electron chi connectivity index (χ0n) is 45.2. The molecule has 0 bridgehead atoms. The molecule has 0 fully saturated rings. The number of nitrogens with zero attached hydrogens (tertiary/aromatic N) is 1. The van der Waals surface area contributed by atoms with Gasteiger partial charge in [-0.15, -0.1) is 0 Å². The lowest BCUT2D eigenvalue weighted by Gasteiger charge is -2.25. The van der Waals surface area contributed by atoms with E-state index in [1.807, 2.05) is 27.2 Å². The Morgan fingerprint density at radius 2 is 0.851 bits per heavy atom. The van der Waals surface area contributed by atoms with Crippen LogP contribution in [-0.4, -0.2) is 73.4 Å². The summed E-state index contributed by atoms with van der Waals surface area (Å²) in [5, 5.41) is 13.9. The van der Waals surface area contributed by atoms with Crippen LogP contribution >= 0.6 is 7.82 Å². The number of hydrogen-bond donors (Lipinski definition) is 3. The first-order chi connectivity index (χ1) is 32.5. The number of allylic oxidation sites excluding steroid dienone is 5. The first-order valence-corrected chi connectivity index (χ1v) is 30.4. The fraction of sp³-hybridized carbons (Fsp3) is 0.879. The Kier molecular flexibility index (Phi) is 48.7. The van der Waals surface area contributed by atoms with Crippen molar-refractivity contribution in [2.24, 2.45) is 0 Å². The monoisotopic (exact) mass is 966 g/mol. The highest BCUT2D eigenvalue weighted by molar-refractivity contribution is 7.47. The van der Waals surface area contributed by atoms with Crippen LogP contribution in [0.1, 0.15) is 277 Å². The molecule has 0 spiro atoms. The molecular weight excluding hydrogens is 852 g/mol. The molecule has 0 aliphatic rings. The fourth-order valence-corrected chi connectivity index (χ4v) is 9.28. The molecule has 0 rings (SSSR count). The predicted molar refractivity (Wildman–Crippen MR) is 291 cm³/mol. The smallest absolute Gasteiger partial charge is 0.387 e. The first kappa shape index (κ1) is 65.7. The van der Waals surface area contributed by atoms with Crippen LogP contribution in [0.2, 0.25) is 0 Å². The highest BCUT2D eigenvalue weighted by atomic mass is 31.2. The third-order valence-electron chi connectivity index (χ3n) is 13.1. The molecule has 0 aliphatic heterocycles. The number of amides is 1. The van der Waals surface area contributed by atoms with Crippen LogP contribution in [0.4, 0.5) is 0 Å². The van der Waals surface area contributed by atoms with Gasteiger partial charge < -0.3 is 19.8 Å². The second kappa shape index (κ2) is 49.7. The first-order valence-electron chi connectivity index (χ1n) is 28.9. The Balaban J connectivity index is 4.15. The third-order valence-corrected chi connectivity index (χ3v) is 14.1. The van der Waals surface area contributed by atoms with Crippen LogP contribution in [0.3, 0.4) is 0 Å². The van der Waals surface area contributed by atoms with Crippen molar-refractivity contribution in [1.82, 2.24) is 5.32 Å². The molecule has 3 atom stereocenters. The average Bonchev–Trinajstić information content (AvgIpc) is 3.29. The van der Waals surface area contributed by atoms with Gasteiger partial charge in [-0.3, -0.25) is 13.8 Å². The maximum absolute atomic E-state index is 12.9. The number of unbranched alkanes of at least 4 members (excludes halogenated alkanes) is 36. The number of aliphatic hydroxyl groups is 1. The molecular formula is C58H114N2O6P+. The Labute approximate surface area is 417 Å². The standard InChI is InChI=1S/C58H113N2O6P/c1-6-8-10-12-14-16-18-20-22-24-25-26-27-28-29-30-31-32-33-34-35-36-37-39-41-43-45-47-49-51-57(61)56(55-66-67(63,64)65-54-53-60(3,4)5)59-58(62)52-50-48-46-44-42-40-38-23-21-19-17-15-13-11-9-7-2/h17,19,23,38,49,51,56-57,61H,6-16,18,20-22,24-37,39-48,50,52-55H2,1-5H3,(H-,59,62,63,64)/p+1/b19-17-,38-23-,51-49+. The second-order valence-corrected chi connectivity index (χ2v) is 22.5. The Morgan fingerprint density at radius 1 is 0.507 bits per heavy atom. The van der Waals surface area contributed by atoms with Crippen LogP contribution in [0.25, 0.3) is 0 Å². The van der Waals surface area contributed by atoms with Crippen molar-refractivity contribution in [2.45, 2.75) is 289 Å². The van der Waals surface area contributed by atoms with Crippen LogP contribution in [0.5, 0.6) is 0 Å². The average molecular weight is 967 g/mol. The van der Waals surface area contributed by atoms with Crippen molar-refractivity contribution in [3.8, 4) is 0 Å². The van der Waals surface area contributed by atoms with Crippen molar-refractivity contribution >= 4 is 13.7 Å². The number of phosphoric acid groups is 1. The molecule has 67 heavy (non-hydrogen) atoms. The van der Waals surface area contributed by atoms with Gasteiger partial charge in [-0.2, -0.15) is 0 Å². The summed E-state index contributed by atoms with van der Waals surface area (Å²) in [4.78, 5) is 23.2. The molecule has 0 aliphatic carbocycles. The summed E-state index contributed by atoms with van der Waals surface area (Å²) in [6.45, 7) is 4.81. The second-order valence-electron chi connectivity index (χ2n) is 21.0. The van der Waals surface area contributed by atoms with Gasteiger partial charge in [0.05, 0.1) is 39.9 Å². The minimum Gasteiger partial charge on any atom is -0.387 e. The minimum atomic E-state index is -4.35. The number of carbonyl (C=O) groups excluding carboxylic acids is 1. The number of nitrogens with one attached hydrogen (secondary N) is 1. The lowest BCUT2D eigenvalue weighted by molar-refractivity contribution is -0.870. The van der Waals surface area contributed by atoms with Gasteiger partial charge in [0.1, 0.15) is 13.2 Å². The van der Waals surface area contributed by atoms with Crippen molar-refractivity contribution in [3.63, 3.8) is 0 Å². The molecule has 0 radical (unpaired) electrons. The van der Waals surface area contributed by atoms with Gasteiger partial charge in [-0.25, -0.2) is 4.57 Å². The number of rotatable bonds is 53. The maximum Gasteiger partial charge on any atom is 0.472 e. The summed E-state index contributed by atoms with van der Waals surface area (Å²) in [7, 11) is 1.57. The van der Waals surface area contributed by atoms with Crippen molar-refractivity contribution in [3.05, 3.63) is 36.5 Å². The normalized spacial score (nSPS) is 14.2. The number of phosphoric ester groups is 1. The van der Waals surface area contributed by atoms with E-state index in [-0.39, 0.29) is 19.1 Å². The van der Waals surface area contributed by atoms with E-state index in [9.17, 15) is 19.4 Å². The van der Waals surface area contributed by atoms with E-state index in [1.54, 1.807) is 6.08 Å². The molecule has 0 aromatic rings. The number of hydrogen-bond acceptors (Lipinski definition) is 5. The summed E-state index contributed by atoms with van der Waals surface area (Å²) < 4.78 is 23.7. The summed E-state index contributed by atoms with van der Waals surface area (Å²) in [5.41, 5.74) is 0. The lowest BCUT2D eigenvalue weighted by Crippen LogP contribution is -2.45. The highest BCUT2D eigenvalue weighted by Gasteiger charge is 2.27. The van der Waals surface area contributed by atoms with E-state index < -0.39 is 20.0 Å². The molecule has 8 nitrogen and oxygen atoms in total. The zero-order valence-corrected chi connectivity index (χ0v) is 46.0. The lowest BCUT2D eigenvalue weighted by atomic mass is 10.0. The highest BCUT2D eigenvalue weighted by Crippen LogP contribution is 2.43. The van der Waals surface area contributed by atoms with Crippen molar-refractivity contribution in [2.75, 3.05) is 40.9 Å². The van der Waals surface area contributed by atoms with Gasteiger partial charge in [-0.1, -0.05) is 256 Å². The Morgan fingerprint density at radius 3 is 1.24 bits per heavy atom. The van der Waals surface area contributed by atoms with E-state index in [4.69, 9.17) is 9.05 Å². The molecule has 9 heteroatoms. The number of carbonyl (C=O) groups is 1. The molecule has 396 valence electrons. The largest absolute Gasteiger partial charge is 0.472 e. The van der Waals surface area contributed by atoms with E-state index in [0.29, 0.717) is 17.4 Å². The molecule has 0 aromatic carbocycles. The molecule has 0 saturated carbocycles. The number of quaternary nitrogens is 1. The zero-order chi connectivity index (χ0) is 49.2. The van der Waals surface area contributed by atoms with Gasteiger partial charge in [0.2, 0.25) is 5.91 Å². The Bertz CT molecular complexity index is 1190. The fourth-order valence-electron chi connectivity index (χ4n) is 8.54. The van der Waals surface area contributed by atoms with Crippen LogP contribution in [0.15, 0.2) is 36.5 Å². The van der Waals surface area contributed by atoms with Crippen LogP contribution < -0.4 is 5.32 Å². The summed E-state index contributed by atoms with van der Waals surface area (Å²) in [6.07, 6.45) is 63.9. The van der Waals surface area contributed by atoms with Gasteiger partial charge in [0.15, 0.2) is 0 Å². The number of likely N-dealkylation sites (N-methyl/N-ethyl adjacent to an activating group) is 1. The van der Waals surface area contributed by atoms with E-state index in [2.05, 4.69) is 43.5 Å². The van der Waals surface area contributed by atoms with Crippen molar-refractivity contribution < 1.29 is 32.9 Å². The predicted octanol–water partition coefficient (Wildman–Crippen LogP) is 17.4. The summed E-state index contributed by atoms with van der Waals surface area (Å²) >= 11 is 0. The Hall–Kier alpha value is -1.28. The molecule has 0 aromatic heterocycles. The van der Waals surface area contributed by atoms with Gasteiger partial charge in [-0.05, 0) is 51.4 Å². The quantitative estimate of drug-likeness (QED) is 0.0243. The SMILES string of the molecule is CCCCCC/C=C\C/C=C\CCCCCCCC(=O)NC(COP(=O)(O)OCC[N+](C)(C)C)C(O)/C=C/CCCCCCCCCCCCCCCCCCCCCCCCCCCCC. The van der Waals surface area contributed by atoms with E-state index >= 15 is 0 Å². The maximum atomic E-state index is 12.9. The van der Waals surface area contributed by atoms with Gasteiger partial charge in [0, 0.05) is 6.42 Å². The summed E-state index contributed by atoms with van der Waals surface area (Å²) in [5.74, 6) is -0.188. The summed E-state index contributed by atoms with van der Waals surface area (Å²) in [6, 6.07) is -0.854. The number of aliphatic hydroxyl groups excluding tert-OH is 1. The van der Waals surface area contributed by atoms with Gasteiger partial charge >= 0.3 is 7.82 Å². The van der Waals surface area contributed by atoms with Gasteiger partial charge in [0.25, 0.3) is 0 Å². The van der Waals surface area contributed by atoms with Crippen LogP contribution in [-0.2, 0) is 18.4 Å². The minimum absolute atomic E-state index is 0.0588.